The van der Waals surface area contributed by atoms with Gasteiger partial charge in [0.2, 0.25) is 0 Å². The third-order valence-electron chi connectivity index (χ3n) is 2.35. The van der Waals surface area contributed by atoms with E-state index >= 15 is 0 Å². The molecule has 0 N–H and O–H groups in total. The monoisotopic (exact) mass is 358 g/mol. The van der Waals surface area contributed by atoms with E-state index in [1.165, 1.54) is 16.7 Å². The third kappa shape index (κ3) is 2.68. The van der Waals surface area contributed by atoms with Gasteiger partial charge in [0.1, 0.15) is 0 Å². The van der Waals surface area contributed by atoms with Crippen molar-refractivity contribution in [2.24, 2.45) is 0 Å². The average Bonchev–Trinajstić information content (AvgIpc) is 2.30. The Labute approximate surface area is 117 Å². The molecule has 0 saturated heterocycles. The molecule has 0 nitrogen and oxygen atoms in total. The lowest BCUT2D eigenvalue weighted by atomic mass is 10.0. The van der Waals surface area contributed by atoms with E-state index in [1.54, 1.807) is 0 Å². The minimum absolute atomic E-state index is 0.159. The summed E-state index contributed by atoms with van der Waals surface area (Å²) in [5.74, 6) is 0. The second-order valence-corrected chi connectivity index (χ2v) is 6.89. The summed E-state index contributed by atoms with van der Waals surface area (Å²) in [6.07, 6.45) is 0. The summed E-state index contributed by atoms with van der Waals surface area (Å²) in [4.78, 5) is 0. The molecule has 0 aliphatic heterocycles. The van der Waals surface area contributed by atoms with Crippen molar-refractivity contribution in [2.75, 3.05) is 0 Å². The van der Waals surface area contributed by atoms with Gasteiger partial charge in [0, 0.05) is 5.02 Å². The first-order valence-corrected chi connectivity index (χ1v) is 7.02. The van der Waals surface area contributed by atoms with Crippen LogP contribution in [-0.2, 0) is 0 Å². The lowest BCUT2D eigenvalue weighted by Gasteiger charge is -2.10. The molecule has 0 aliphatic rings. The molecule has 82 valence electrons. The molecule has 2 aromatic carbocycles. The van der Waals surface area contributed by atoms with Gasteiger partial charge in [0.25, 0.3) is 0 Å². The van der Waals surface area contributed by atoms with Crippen LogP contribution in [-0.4, -0.2) is 0 Å². The summed E-state index contributed by atoms with van der Waals surface area (Å²) in [5, 5.41) is 0.760. The van der Waals surface area contributed by atoms with Gasteiger partial charge in [-0.1, -0.05) is 79.9 Å². The molecule has 0 unspecified atom stereocenters. The van der Waals surface area contributed by atoms with Gasteiger partial charge >= 0.3 is 0 Å². The van der Waals surface area contributed by atoms with E-state index in [2.05, 4.69) is 44.0 Å². The van der Waals surface area contributed by atoms with Crippen molar-refractivity contribution in [1.29, 1.82) is 0 Å². The molecule has 0 spiro atoms. The molecule has 3 heteroatoms. The van der Waals surface area contributed by atoms with Crippen molar-refractivity contribution >= 4 is 43.5 Å². The highest BCUT2D eigenvalue weighted by Crippen LogP contribution is 2.36. The maximum absolute atomic E-state index is 5.88. The topological polar surface area (TPSA) is 0 Å². The first-order chi connectivity index (χ1) is 7.68. The van der Waals surface area contributed by atoms with Crippen LogP contribution in [0.4, 0.5) is 0 Å². The minimum Gasteiger partial charge on any atom is -0.0843 e. The zero-order valence-corrected chi connectivity index (χ0v) is 12.3. The fourth-order valence-corrected chi connectivity index (χ4v) is 2.50. The number of rotatable bonds is 2. The molecule has 0 radical (unpaired) electrons. The molecule has 2 aromatic rings. The second-order valence-electron chi connectivity index (χ2n) is 3.39. The fourth-order valence-electron chi connectivity index (χ4n) is 1.58. The predicted molar refractivity (Wildman–Crippen MR) is 77.5 cm³/mol. The van der Waals surface area contributed by atoms with Crippen LogP contribution in [0.2, 0.25) is 5.02 Å². The van der Waals surface area contributed by atoms with Crippen LogP contribution in [0.1, 0.15) is 9.30 Å². The number of halogens is 3. The lowest BCUT2D eigenvalue weighted by Crippen LogP contribution is -1.87. The Balaban J connectivity index is 2.51. The van der Waals surface area contributed by atoms with Gasteiger partial charge in [-0.05, 0) is 28.8 Å². The standard InChI is InChI=1S/C13H9Br2Cl/c14-13(15)12-4-2-1-3-11(12)9-5-7-10(16)8-6-9/h1-8,13H. The van der Waals surface area contributed by atoms with Gasteiger partial charge in [0.15, 0.2) is 0 Å². The van der Waals surface area contributed by atoms with E-state index in [0.717, 1.165) is 5.02 Å². The molecule has 0 heterocycles. The summed E-state index contributed by atoms with van der Waals surface area (Å²) in [6.45, 7) is 0. The average molecular weight is 360 g/mol. The summed E-state index contributed by atoms with van der Waals surface area (Å²) in [7, 11) is 0. The normalized spacial score (nSPS) is 10.8. The van der Waals surface area contributed by atoms with Crippen LogP contribution in [0.25, 0.3) is 11.1 Å². The van der Waals surface area contributed by atoms with Crippen LogP contribution in [0.3, 0.4) is 0 Å². The molecule has 0 amide bonds. The van der Waals surface area contributed by atoms with Crippen molar-refractivity contribution in [3.8, 4) is 11.1 Å². The Bertz CT molecular complexity index is 478. The Kier molecular flexibility index (Phi) is 4.06. The molecule has 0 saturated carbocycles. The summed E-state index contributed by atoms with van der Waals surface area (Å²) in [6, 6.07) is 16.1. The molecule has 16 heavy (non-hydrogen) atoms. The maximum Gasteiger partial charge on any atom is 0.0952 e. The van der Waals surface area contributed by atoms with Gasteiger partial charge in [0.05, 0.1) is 3.74 Å². The van der Waals surface area contributed by atoms with E-state index in [4.69, 9.17) is 11.6 Å². The molecule has 0 bridgehead atoms. The van der Waals surface area contributed by atoms with Gasteiger partial charge in [-0.2, -0.15) is 0 Å². The molecular formula is C13H9Br2Cl. The van der Waals surface area contributed by atoms with E-state index < -0.39 is 0 Å². The molecule has 2 rings (SSSR count). The SMILES string of the molecule is Clc1ccc(-c2ccccc2C(Br)Br)cc1. The van der Waals surface area contributed by atoms with Crippen LogP contribution >= 0.6 is 43.5 Å². The zero-order valence-electron chi connectivity index (χ0n) is 8.33. The number of benzene rings is 2. The van der Waals surface area contributed by atoms with E-state index in [1.807, 2.05) is 36.4 Å². The van der Waals surface area contributed by atoms with Crippen LogP contribution in [0.5, 0.6) is 0 Å². The number of hydrogen-bond donors (Lipinski definition) is 0. The summed E-state index contributed by atoms with van der Waals surface area (Å²) < 4.78 is 0.159. The number of hydrogen-bond acceptors (Lipinski definition) is 0. The van der Waals surface area contributed by atoms with Crippen molar-refractivity contribution < 1.29 is 0 Å². The van der Waals surface area contributed by atoms with Crippen molar-refractivity contribution in [2.45, 2.75) is 3.74 Å². The predicted octanol–water partition coefficient (Wildman–Crippen LogP) is 5.80. The first kappa shape index (κ1) is 12.2. The Morgan fingerprint density at radius 1 is 0.875 bits per heavy atom. The van der Waals surface area contributed by atoms with Gasteiger partial charge in [-0.25, -0.2) is 0 Å². The second kappa shape index (κ2) is 5.35. The molecule has 0 atom stereocenters. The number of alkyl halides is 2. The Morgan fingerprint density at radius 3 is 2.12 bits per heavy atom. The highest BCUT2D eigenvalue weighted by atomic mass is 79.9. The van der Waals surface area contributed by atoms with Crippen LogP contribution < -0.4 is 0 Å². The maximum atomic E-state index is 5.88. The van der Waals surface area contributed by atoms with Gasteiger partial charge in [-0.15, -0.1) is 0 Å². The van der Waals surface area contributed by atoms with E-state index in [0.29, 0.717) is 0 Å². The highest BCUT2D eigenvalue weighted by molar-refractivity contribution is 9.24. The van der Waals surface area contributed by atoms with Crippen LogP contribution in [0.15, 0.2) is 48.5 Å². The quantitative estimate of drug-likeness (QED) is 0.594. The highest BCUT2D eigenvalue weighted by Gasteiger charge is 2.09. The summed E-state index contributed by atoms with van der Waals surface area (Å²) in [5.41, 5.74) is 3.59. The Hall–Kier alpha value is -0.310. The van der Waals surface area contributed by atoms with Gasteiger partial charge < -0.3 is 0 Å². The third-order valence-corrected chi connectivity index (χ3v) is 3.59. The largest absolute Gasteiger partial charge is 0.0952 e. The fraction of sp³-hybridized carbons (Fsp3) is 0.0769. The minimum atomic E-state index is 0.159. The molecule has 0 fully saturated rings. The van der Waals surface area contributed by atoms with Crippen molar-refractivity contribution in [3.63, 3.8) is 0 Å². The van der Waals surface area contributed by atoms with Crippen molar-refractivity contribution in [3.05, 3.63) is 59.1 Å². The lowest BCUT2D eigenvalue weighted by molar-refractivity contribution is 1.42. The molecule has 0 aliphatic carbocycles. The zero-order chi connectivity index (χ0) is 11.5. The van der Waals surface area contributed by atoms with Crippen molar-refractivity contribution in [1.82, 2.24) is 0 Å². The smallest absolute Gasteiger partial charge is 0.0843 e. The molecular weight excluding hydrogens is 351 g/mol. The Morgan fingerprint density at radius 2 is 1.50 bits per heavy atom. The van der Waals surface area contributed by atoms with E-state index in [9.17, 15) is 0 Å². The summed E-state index contributed by atoms with van der Waals surface area (Å²) >= 11 is 13.0. The van der Waals surface area contributed by atoms with Gasteiger partial charge in [-0.3, -0.25) is 0 Å². The molecule has 0 aromatic heterocycles. The first-order valence-electron chi connectivity index (χ1n) is 4.81. The van der Waals surface area contributed by atoms with Crippen LogP contribution in [0, 0.1) is 0 Å². The van der Waals surface area contributed by atoms with E-state index in [-0.39, 0.29) is 3.74 Å².